The number of rotatable bonds is 3. The monoisotopic (exact) mass is 254 g/mol. The number of hydrogen-bond acceptors (Lipinski definition) is 5. The quantitative estimate of drug-likeness (QED) is 0.849. The van der Waals surface area contributed by atoms with Crippen molar-refractivity contribution < 1.29 is 4.79 Å². The minimum Gasteiger partial charge on any atom is -0.345 e. The number of nitrogens with zero attached hydrogens (tertiary/aromatic N) is 2. The Balaban J connectivity index is 2.12. The highest BCUT2D eigenvalue weighted by atomic mass is 32.1. The van der Waals surface area contributed by atoms with E-state index in [2.05, 4.69) is 27.1 Å². The van der Waals surface area contributed by atoms with Gasteiger partial charge in [0.25, 0.3) is 5.91 Å². The van der Waals surface area contributed by atoms with Gasteiger partial charge in [-0.2, -0.15) is 0 Å². The molecule has 1 aliphatic rings. The van der Waals surface area contributed by atoms with Crippen LogP contribution >= 0.6 is 11.5 Å². The summed E-state index contributed by atoms with van der Waals surface area (Å²) >= 11 is 1.17. The van der Waals surface area contributed by atoms with Gasteiger partial charge in [-0.3, -0.25) is 4.79 Å². The molecule has 2 rings (SSSR count). The average Bonchev–Trinajstić information content (AvgIpc) is 2.85. The highest BCUT2D eigenvalue weighted by molar-refractivity contribution is 7.08. The summed E-state index contributed by atoms with van der Waals surface area (Å²) in [6, 6.07) is 0. The molecule has 1 aromatic rings. The summed E-state index contributed by atoms with van der Waals surface area (Å²) in [6.07, 6.45) is 0.960. The van der Waals surface area contributed by atoms with E-state index in [1.54, 1.807) is 0 Å². The Hall–Kier alpha value is -1.01. The van der Waals surface area contributed by atoms with Crippen LogP contribution in [0.4, 0.5) is 0 Å². The molecule has 1 fully saturated rings. The van der Waals surface area contributed by atoms with E-state index < -0.39 is 0 Å². The standard InChI is InChI=1S/C11H18N4OS/c1-7(2)8-9(17-15-14-8)10(16)13-11(3)4-5-12-6-11/h7,12H,4-6H2,1-3H3,(H,13,16). The van der Waals surface area contributed by atoms with Crippen LogP contribution in [-0.4, -0.2) is 34.1 Å². The van der Waals surface area contributed by atoms with Crippen molar-refractivity contribution in [3.8, 4) is 0 Å². The van der Waals surface area contributed by atoms with Gasteiger partial charge in [0.05, 0.1) is 11.2 Å². The van der Waals surface area contributed by atoms with Crippen LogP contribution in [0.1, 0.15) is 48.5 Å². The van der Waals surface area contributed by atoms with Crippen LogP contribution < -0.4 is 10.6 Å². The van der Waals surface area contributed by atoms with Crippen molar-refractivity contribution in [2.75, 3.05) is 13.1 Å². The lowest BCUT2D eigenvalue weighted by Crippen LogP contribution is -2.47. The molecule has 0 bridgehead atoms. The number of hydrogen-bond donors (Lipinski definition) is 2. The number of carbonyl (C=O) groups excluding carboxylic acids is 1. The van der Waals surface area contributed by atoms with Crippen LogP contribution in [0.5, 0.6) is 0 Å². The SMILES string of the molecule is CC(C)c1nnsc1C(=O)NC1(C)CCNC1. The summed E-state index contributed by atoms with van der Waals surface area (Å²) < 4.78 is 3.88. The maximum absolute atomic E-state index is 12.2. The van der Waals surface area contributed by atoms with Gasteiger partial charge in [-0.25, -0.2) is 0 Å². The second kappa shape index (κ2) is 4.70. The van der Waals surface area contributed by atoms with Crippen LogP contribution in [0.25, 0.3) is 0 Å². The molecule has 0 aromatic carbocycles. The van der Waals surface area contributed by atoms with Crippen LogP contribution in [0, 0.1) is 0 Å². The molecule has 6 heteroatoms. The number of carbonyl (C=O) groups is 1. The third kappa shape index (κ3) is 2.63. The summed E-state index contributed by atoms with van der Waals surface area (Å²) in [5.41, 5.74) is 0.650. The van der Waals surface area contributed by atoms with E-state index >= 15 is 0 Å². The molecule has 1 amide bonds. The topological polar surface area (TPSA) is 66.9 Å². The molecular weight excluding hydrogens is 236 g/mol. The summed E-state index contributed by atoms with van der Waals surface area (Å²) in [5.74, 6) is 0.180. The van der Waals surface area contributed by atoms with Gasteiger partial charge in [-0.1, -0.05) is 18.3 Å². The molecular formula is C11H18N4OS. The Kier molecular flexibility index (Phi) is 3.44. The molecule has 17 heavy (non-hydrogen) atoms. The first-order valence-electron chi connectivity index (χ1n) is 5.87. The molecule has 0 saturated carbocycles. The molecule has 2 heterocycles. The van der Waals surface area contributed by atoms with Gasteiger partial charge in [0.1, 0.15) is 4.88 Å². The minimum atomic E-state index is -0.144. The van der Waals surface area contributed by atoms with Crippen molar-refractivity contribution in [1.29, 1.82) is 0 Å². The second-order valence-electron chi connectivity index (χ2n) is 5.08. The molecule has 0 aliphatic carbocycles. The first kappa shape index (κ1) is 12.4. The highest BCUT2D eigenvalue weighted by Gasteiger charge is 2.32. The normalized spacial score (nSPS) is 24.2. The number of amides is 1. The second-order valence-corrected chi connectivity index (χ2v) is 5.84. The third-order valence-corrected chi connectivity index (χ3v) is 3.79. The summed E-state index contributed by atoms with van der Waals surface area (Å²) in [4.78, 5) is 12.8. The fraction of sp³-hybridized carbons (Fsp3) is 0.727. The Bertz CT molecular complexity index is 409. The average molecular weight is 254 g/mol. The van der Waals surface area contributed by atoms with E-state index in [0.717, 1.165) is 25.2 Å². The zero-order chi connectivity index (χ0) is 12.5. The van der Waals surface area contributed by atoms with E-state index in [9.17, 15) is 4.79 Å². The summed E-state index contributed by atoms with van der Waals surface area (Å²) in [7, 11) is 0. The lowest BCUT2D eigenvalue weighted by Gasteiger charge is -2.24. The predicted octanol–water partition coefficient (Wildman–Crippen LogP) is 1.14. The summed E-state index contributed by atoms with van der Waals surface area (Å²) in [6.45, 7) is 7.88. The van der Waals surface area contributed by atoms with Crippen molar-refractivity contribution in [2.24, 2.45) is 0 Å². The van der Waals surface area contributed by atoms with Crippen LogP contribution in [-0.2, 0) is 0 Å². The molecule has 1 saturated heterocycles. The first-order chi connectivity index (χ1) is 8.02. The molecule has 2 N–H and O–H groups in total. The number of aromatic nitrogens is 2. The van der Waals surface area contributed by atoms with Crippen molar-refractivity contribution >= 4 is 17.4 Å². The lowest BCUT2D eigenvalue weighted by atomic mass is 10.0. The van der Waals surface area contributed by atoms with Gasteiger partial charge in [-0.05, 0) is 37.3 Å². The largest absolute Gasteiger partial charge is 0.345 e. The van der Waals surface area contributed by atoms with E-state index in [1.807, 2.05) is 13.8 Å². The van der Waals surface area contributed by atoms with Gasteiger partial charge < -0.3 is 10.6 Å². The molecule has 1 atom stereocenters. The third-order valence-electron chi connectivity index (χ3n) is 3.05. The van der Waals surface area contributed by atoms with Gasteiger partial charge in [0.2, 0.25) is 0 Å². The fourth-order valence-corrected chi connectivity index (χ4v) is 2.70. The minimum absolute atomic E-state index is 0.0464. The van der Waals surface area contributed by atoms with E-state index in [1.165, 1.54) is 11.5 Å². The number of nitrogens with one attached hydrogen (secondary N) is 2. The van der Waals surface area contributed by atoms with Gasteiger partial charge >= 0.3 is 0 Å². The molecule has 1 aromatic heterocycles. The molecule has 0 spiro atoms. The van der Waals surface area contributed by atoms with Crippen molar-refractivity contribution in [1.82, 2.24) is 20.2 Å². The van der Waals surface area contributed by atoms with E-state index in [4.69, 9.17) is 0 Å². The fourth-order valence-electron chi connectivity index (χ4n) is 1.99. The Morgan fingerprint density at radius 1 is 1.59 bits per heavy atom. The Labute approximate surface area is 105 Å². The van der Waals surface area contributed by atoms with Crippen LogP contribution in [0.15, 0.2) is 0 Å². The first-order valence-corrected chi connectivity index (χ1v) is 6.65. The van der Waals surface area contributed by atoms with Crippen molar-refractivity contribution in [3.63, 3.8) is 0 Å². The zero-order valence-electron chi connectivity index (χ0n) is 10.4. The Morgan fingerprint density at radius 3 is 2.94 bits per heavy atom. The molecule has 1 aliphatic heterocycles. The smallest absolute Gasteiger partial charge is 0.265 e. The van der Waals surface area contributed by atoms with E-state index in [-0.39, 0.29) is 17.4 Å². The Morgan fingerprint density at radius 2 is 2.35 bits per heavy atom. The van der Waals surface area contributed by atoms with Crippen LogP contribution in [0.3, 0.4) is 0 Å². The molecule has 5 nitrogen and oxygen atoms in total. The highest BCUT2D eigenvalue weighted by Crippen LogP contribution is 2.21. The predicted molar refractivity (Wildman–Crippen MR) is 67.4 cm³/mol. The zero-order valence-corrected chi connectivity index (χ0v) is 11.2. The molecule has 1 unspecified atom stereocenters. The molecule has 0 radical (unpaired) electrons. The van der Waals surface area contributed by atoms with Gasteiger partial charge in [0.15, 0.2) is 0 Å². The van der Waals surface area contributed by atoms with Crippen molar-refractivity contribution in [2.45, 2.75) is 38.6 Å². The van der Waals surface area contributed by atoms with E-state index in [0.29, 0.717) is 4.88 Å². The van der Waals surface area contributed by atoms with Crippen LogP contribution in [0.2, 0.25) is 0 Å². The maximum Gasteiger partial charge on any atom is 0.265 e. The lowest BCUT2D eigenvalue weighted by molar-refractivity contribution is 0.0916. The summed E-state index contributed by atoms with van der Waals surface area (Å²) in [5, 5.41) is 10.4. The van der Waals surface area contributed by atoms with Crippen molar-refractivity contribution in [3.05, 3.63) is 10.6 Å². The van der Waals surface area contributed by atoms with Gasteiger partial charge in [0, 0.05) is 6.54 Å². The molecule has 94 valence electrons. The maximum atomic E-state index is 12.2. The van der Waals surface area contributed by atoms with Gasteiger partial charge in [-0.15, -0.1) is 5.10 Å².